The third-order valence-corrected chi connectivity index (χ3v) is 15.9. The Kier molecular flexibility index (Phi) is 11.0. The summed E-state index contributed by atoms with van der Waals surface area (Å²) in [5, 5.41) is 12.8. The number of benzene rings is 1. The predicted octanol–water partition coefficient (Wildman–Crippen LogP) is 12.6. The van der Waals surface area contributed by atoms with Crippen molar-refractivity contribution in [2.75, 3.05) is 0 Å². The molecular weight excluding hydrogens is 830 g/mol. The van der Waals surface area contributed by atoms with Gasteiger partial charge in [-0.25, -0.2) is 34.3 Å². The lowest BCUT2D eigenvalue weighted by Crippen LogP contribution is -2.39. The van der Waals surface area contributed by atoms with Gasteiger partial charge in [0, 0.05) is 56.9 Å². The van der Waals surface area contributed by atoms with E-state index in [9.17, 15) is 14.5 Å². The van der Waals surface area contributed by atoms with E-state index in [1.165, 1.54) is 69.2 Å². The molecule has 8 aromatic rings. The molecule has 6 fully saturated rings. The van der Waals surface area contributed by atoms with Crippen LogP contribution in [0, 0.1) is 70.2 Å². The number of aryl methyl sites for hydroxylation is 1. The predicted molar refractivity (Wildman–Crippen MR) is 252 cm³/mol. The quantitative estimate of drug-likeness (QED) is 0.106. The van der Waals surface area contributed by atoms with Gasteiger partial charge in [0.15, 0.2) is 17.4 Å². The number of rotatable bonds is 9. The molecule has 6 aliphatic rings. The highest BCUT2D eigenvalue weighted by atomic mass is 19.1. The van der Waals surface area contributed by atoms with Gasteiger partial charge in [-0.2, -0.15) is 0 Å². The molecule has 336 valence electrons. The summed E-state index contributed by atoms with van der Waals surface area (Å²) in [6, 6.07) is 23.0. The van der Waals surface area contributed by atoms with Gasteiger partial charge in [0.1, 0.15) is 27.7 Å². The van der Waals surface area contributed by atoms with Gasteiger partial charge in [-0.05, 0) is 155 Å². The highest BCUT2D eigenvalue weighted by molar-refractivity contribution is 5.94. The molecule has 6 saturated carbocycles. The van der Waals surface area contributed by atoms with Gasteiger partial charge in [0.2, 0.25) is 0 Å². The first kappa shape index (κ1) is 42.0. The average molecular weight is 884 g/mol. The van der Waals surface area contributed by atoms with Crippen molar-refractivity contribution < 1.29 is 13.7 Å². The highest BCUT2D eigenvalue weighted by Crippen LogP contribution is 2.51. The topological polar surface area (TPSA) is 165 Å². The number of nitrogens with zero attached hydrogens (tertiary/aromatic N) is 7. The minimum Gasteiger partial charge on any atom is -0.399 e. The second-order valence-corrected chi connectivity index (χ2v) is 19.5. The zero-order valence-corrected chi connectivity index (χ0v) is 37.6. The summed E-state index contributed by atoms with van der Waals surface area (Å²) in [5.41, 5.74) is 8.88. The fraction of sp³-hybridized carbons (Fsp3) is 0.396. The van der Waals surface area contributed by atoms with E-state index in [0.29, 0.717) is 51.6 Å². The number of aromatic amines is 2. The van der Waals surface area contributed by atoms with Crippen LogP contribution in [0.2, 0.25) is 0 Å². The van der Waals surface area contributed by atoms with Crippen molar-refractivity contribution >= 4 is 28.0 Å². The van der Waals surface area contributed by atoms with Gasteiger partial charge in [0.25, 0.3) is 0 Å². The Hall–Kier alpha value is -6.63. The minimum atomic E-state index is -0.568. The average Bonchev–Trinajstić information content (AvgIpc) is 4.09. The molecule has 2 N–H and O–H groups in total. The van der Waals surface area contributed by atoms with Gasteiger partial charge in [-0.1, -0.05) is 44.2 Å². The van der Waals surface area contributed by atoms with Crippen molar-refractivity contribution in [3.63, 3.8) is 0 Å². The lowest BCUT2D eigenvalue weighted by atomic mass is 9.58. The monoisotopic (exact) mass is 883 g/mol. The number of hydrogen-bond acceptors (Lipinski definition) is 9. The van der Waals surface area contributed by atoms with Crippen LogP contribution in [0.4, 0.5) is 10.3 Å². The van der Waals surface area contributed by atoms with E-state index in [0.717, 1.165) is 93.7 Å². The SMILES string of the molecule is CC1C2CCC(CC2)C1Cc1cc(-c2ccc([N+](=O)[O-])o2)nc(-c2c[nH]c3ncc(F)cc23)n1.Cc1[nH]c2ncccc2c1-c1nc(CC2C3CCC(CC3)C2C)cc(-c2ccccc2)n1. The fourth-order valence-corrected chi connectivity index (χ4v) is 12.4. The normalized spacial score (nSPS) is 24.4. The van der Waals surface area contributed by atoms with Crippen molar-refractivity contribution in [3.8, 4) is 45.5 Å². The fourth-order valence-electron chi connectivity index (χ4n) is 12.4. The van der Waals surface area contributed by atoms with Crippen molar-refractivity contribution in [1.82, 2.24) is 39.9 Å². The lowest BCUT2D eigenvalue weighted by Gasteiger charge is -2.47. The highest BCUT2D eigenvalue weighted by Gasteiger charge is 2.42. The van der Waals surface area contributed by atoms with Crippen molar-refractivity contribution in [2.24, 2.45) is 47.3 Å². The van der Waals surface area contributed by atoms with Crippen LogP contribution in [0.25, 0.3) is 67.6 Å². The first-order valence-electron chi connectivity index (χ1n) is 23.8. The number of furan rings is 1. The van der Waals surface area contributed by atoms with Crippen LogP contribution >= 0.6 is 0 Å². The smallest absolute Gasteiger partial charge is 0.399 e. The van der Waals surface area contributed by atoms with E-state index in [-0.39, 0.29) is 5.88 Å². The van der Waals surface area contributed by atoms with Crippen molar-refractivity contribution in [1.29, 1.82) is 0 Å². The molecule has 7 aromatic heterocycles. The number of halogens is 1. The van der Waals surface area contributed by atoms with E-state index in [2.05, 4.69) is 88.2 Å². The van der Waals surface area contributed by atoms with Crippen LogP contribution in [-0.2, 0) is 12.8 Å². The van der Waals surface area contributed by atoms with Crippen LogP contribution in [0.3, 0.4) is 0 Å². The third-order valence-electron chi connectivity index (χ3n) is 15.9. The van der Waals surface area contributed by atoms with Crippen molar-refractivity contribution in [3.05, 3.63) is 124 Å². The molecule has 0 amide bonds. The molecule has 4 bridgehead atoms. The molecule has 7 heterocycles. The zero-order valence-electron chi connectivity index (χ0n) is 37.6. The molecule has 12 nitrogen and oxygen atoms in total. The molecule has 6 aliphatic carbocycles. The summed E-state index contributed by atoms with van der Waals surface area (Å²) in [4.78, 5) is 45.4. The standard InChI is InChI=1S/C28H30N4.C25H24FN5O3/c1-17-19-10-12-20(13-11-19)24(17)15-22-16-25(21-7-4-3-5-8-21)32-28(31-22)26-18(2)30-27-23(26)9-6-14-29-27;1-13-14-2-4-15(5-3-14)18(13)9-17-10-21(22-6-7-23(34-22)31(32)33)30-25(29-17)20-12-28-24-19(20)8-16(26)11-27-24/h3-9,14,16-17,19-20,24H,10-13,15H2,1-2H3,(H,29,30);6-8,10-15,18H,2-5,9H2,1H3,(H,27,28). The van der Waals surface area contributed by atoms with Gasteiger partial charge < -0.3 is 14.4 Å². The first-order valence-corrected chi connectivity index (χ1v) is 23.8. The minimum absolute atomic E-state index is 0.305. The Labute approximate surface area is 382 Å². The molecular formula is C53H54FN9O3. The van der Waals surface area contributed by atoms with Crippen LogP contribution in [0.15, 0.2) is 95.8 Å². The van der Waals surface area contributed by atoms with Crippen LogP contribution in [0.1, 0.15) is 82.3 Å². The summed E-state index contributed by atoms with van der Waals surface area (Å²) in [5.74, 6) is 6.66. The Morgan fingerprint density at radius 1 is 0.712 bits per heavy atom. The van der Waals surface area contributed by atoms with Crippen LogP contribution in [0.5, 0.6) is 0 Å². The van der Waals surface area contributed by atoms with E-state index < -0.39 is 10.7 Å². The Balaban J connectivity index is 0.000000146. The summed E-state index contributed by atoms with van der Waals surface area (Å²) in [7, 11) is 0. The lowest BCUT2D eigenvalue weighted by molar-refractivity contribution is -0.401. The number of nitro groups is 1. The van der Waals surface area contributed by atoms with Gasteiger partial charge in [-0.3, -0.25) is 10.1 Å². The maximum atomic E-state index is 14.0. The molecule has 4 atom stereocenters. The van der Waals surface area contributed by atoms with Gasteiger partial charge in [-0.15, -0.1) is 0 Å². The number of nitrogens with one attached hydrogen (secondary N) is 2. The van der Waals surface area contributed by atoms with Gasteiger partial charge in [0.05, 0.1) is 18.0 Å². The van der Waals surface area contributed by atoms with Crippen molar-refractivity contribution in [2.45, 2.75) is 85.0 Å². The first-order chi connectivity index (χ1) is 32.1. The molecule has 1 aromatic carbocycles. The van der Waals surface area contributed by atoms with Crippen LogP contribution < -0.4 is 0 Å². The summed E-state index contributed by atoms with van der Waals surface area (Å²) >= 11 is 0. The molecule has 0 spiro atoms. The summed E-state index contributed by atoms with van der Waals surface area (Å²) < 4.78 is 19.4. The Bertz CT molecular complexity index is 3050. The van der Waals surface area contributed by atoms with E-state index in [1.54, 1.807) is 12.3 Å². The molecule has 0 radical (unpaired) electrons. The molecule has 13 heteroatoms. The second-order valence-electron chi connectivity index (χ2n) is 19.5. The zero-order chi connectivity index (χ0) is 45.1. The summed E-state index contributed by atoms with van der Waals surface area (Å²) in [6.07, 6.45) is 17.4. The number of H-pyrrole nitrogens is 2. The van der Waals surface area contributed by atoms with Crippen LogP contribution in [-0.4, -0.2) is 44.8 Å². The number of hydrogen-bond donors (Lipinski definition) is 2. The number of pyridine rings is 2. The summed E-state index contributed by atoms with van der Waals surface area (Å²) in [6.45, 7) is 6.93. The molecule has 66 heavy (non-hydrogen) atoms. The van der Waals surface area contributed by atoms with E-state index in [1.807, 2.05) is 18.3 Å². The maximum Gasteiger partial charge on any atom is 0.433 e. The maximum absolute atomic E-state index is 14.0. The number of aromatic nitrogens is 8. The van der Waals surface area contributed by atoms with Gasteiger partial charge >= 0.3 is 5.88 Å². The Morgan fingerprint density at radius 3 is 2.00 bits per heavy atom. The molecule has 4 unspecified atom stereocenters. The van der Waals surface area contributed by atoms with E-state index >= 15 is 0 Å². The molecule has 14 rings (SSSR count). The number of fused-ring (bicyclic) bond motifs is 8. The Morgan fingerprint density at radius 2 is 1.35 bits per heavy atom. The largest absolute Gasteiger partial charge is 0.433 e. The van der Waals surface area contributed by atoms with E-state index in [4.69, 9.17) is 19.4 Å². The molecule has 0 aliphatic heterocycles. The second kappa shape index (κ2) is 17.3. The third kappa shape index (κ3) is 7.96. The molecule has 0 saturated heterocycles.